The summed E-state index contributed by atoms with van der Waals surface area (Å²) < 4.78 is 0. The van der Waals surface area contributed by atoms with Crippen LogP contribution in [0.4, 0.5) is 0 Å². The first-order chi connectivity index (χ1) is 6.37. The Labute approximate surface area is 103 Å². The smallest absolute Gasteiger partial charge is 0.0438 e. The molecule has 0 spiro atoms. The molecule has 14 heavy (non-hydrogen) atoms. The molecule has 0 aliphatic rings. The molecule has 0 radical (unpaired) electrons. The van der Waals surface area contributed by atoms with Gasteiger partial charge in [0, 0.05) is 10.2 Å². The summed E-state index contributed by atoms with van der Waals surface area (Å²) in [7, 11) is 0. The summed E-state index contributed by atoms with van der Waals surface area (Å²) in [6.45, 7) is 11.3. The first-order valence-electron chi connectivity index (χ1n) is 5.66. The summed E-state index contributed by atoms with van der Waals surface area (Å²) in [4.78, 5) is 0.396. The van der Waals surface area contributed by atoms with Crippen LogP contribution in [0.1, 0.15) is 53.9 Å². The molecular formula is C12H24BrCl. The molecule has 2 heteroatoms. The zero-order valence-corrected chi connectivity index (χ0v) is 12.5. The molecule has 0 N–H and O–H groups in total. The van der Waals surface area contributed by atoms with Crippen LogP contribution in [-0.4, -0.2) is 10.2 Å². The molecule has 0 fully saturated rings. The van der Waals surface area contributed by atoms with E-state index in [0.717, 1.165) is 5.92 Å². The lowest BCUT2D eigenvalue weighted by Crippen LogP contribution is -2.37. The van der Waals surface area contributed by atoms with Gasteiger partial charge in [0.2, 0.25) is 0 Å². The molecule has 0 aliphatic heterocycles. The van der Waals surface area contributed by atoms with E-state index >= 15 is 0 Å². The van der Waals surface area contributed by atoms with Gasteiger partial charge in [-0.1, -0.05) is 62.9 Å². The van der Waals surface area contributed by atoms with Gasteiger partial charge in [0.25, 0.3) is 0 Å². The Kier molecular flexibility index (Phi) is 6.72. The van der Waals surface area contributed by atoms with Gasteiger partial charge >= 0.3 is 0 Å². The summed E-state index contributed by atoms with van der Waals surface area (Å²) in [5, 5.41) is 0.191. The third-order valence-electron chi connectivity index (χ3n) is 3.30. The highest BCUT2D eigenvalue weighted by Crippen LogP contribution is 2.42. The highest BCUT2D eigenvalue weighted by atomic mass is 79.9. The van der Waals surface area contributed by atoms with Gasteiger partial charge < -0.3 is 0 Å². The maximum atomic E-state index is 6.17. The molecular weight excluding hydrogens is 259 g/mol. The van der Waals surface area contributed by atoms with Gasteiger partial charge in [0.1, 0.15) is 0 Å². The first kappa shape index (κ1) is 14.8. The third-order valence-corrected chi connectivity index (χ3v) is 5.83. The molecule has 0 rings (SSSR count). The van der Waals surface area contributed by atoms with Gasteiger partial charge in [0.15, 0.2) is 0 Å². The number of rotatable bonds is 6. The molecule has 0 bridgehead atoms. The van der Waals surface area contributed by atoms with Crippen molar-refractivity contribution in [3.05, 3.63) is 0 Å². The molecule has 0 nitrogen and oxygen atoms in total. The number of alkyl halides is 2. The van der Waals surface area contributed by atoms with E-state index in [1.165, 1.54) is 19.3 Å². The average Bonchev–Trinajstić information content (AvgIpc) is 2.12. The minimum absolute atomic E-state index is 0.191. The van der Waals surface area contributed by atoms with Crippen molar-refractivity contribution in [2.24, 2.45) is 11.3 Å². The lowest BCUT2D eigenvalue weighted by molar-refractivity contribution is 0.186. The van der Waals surface area contributed by atoms with Crippen LogP contribution in [0.2, 0.25) is 0 Å². The van der Waals surface area contributed by atoms with E-state index in [1.807, 2.05) is 0 Å². The molecule has 0 saturated carbocycles. The van der Waals surface area contributed by atoms with Gasteiger partial charge in [0.05, 0.1) is 0 Å². The van der Waals surface area contributed by atoms with Crippen molar-refractivity contribution in [3.8, 4) is 0 Å². The van der Waals surface area contributed by atoms with Crippen LogP contribution in [-0.2, 0) is 0 Å². The monoisotopic (exact) mass is 282 g/mol. The summed E-state index contributed by atoms with van der Waals surface area (Å²) >= 11 is 9.91. The summed E-state index contributed by atoms with van der Waals surface area (Å²) in [6.07, 6.45) is 3.81. The Hall–Kier alpha value is 0.770. The van der Waals surface area contributed by atoms with Crippen LogP contribution >= 0.6 is 27.5 Å². The average molecular weight is 284 g/mol. The lowest BCUT2D eigenvalue weighted by atomic mass is 9.72. The van der Waals surface area contributed by atoms with Crippen LogP contribution in [0.25, 0.3) is 0 Å². The summed E-state index contributed by atoms with van der Waals surface area (Å²) in [5.74, 6) is 0.762. The van der Waals surface area contributed by atoms with Crippen LogP contribution in [0, 0.1) is 11.3 Å². The maximum Gasteiger partial charge on any atom is 0.0438 e. The molecule has 0 aromatic rings. The van der Waals surface area contributed by atoms with Crippen molar-refractivity contribution in [3.63, 3.8) is 0 Å². The van der Waals surface area contributed by atoms with E-state index < -0.39 is 0 Å². The van der Waals surface area contributed by atoms with Gasteiger partial charge in [-0.2, -0.15) is 0 Å². The van der Waals surface area contributed by atoms with Crippen LogP contribution in [0.3, 0.4) is 0 Å². The van der Waals surface area contributed by atoms with E-state index in [-0.39, 0.29) is 10.8 Å². The van der Waals surface area contributed by atoms with Crippen molar-refractivity contribution in [2.45, 2.75) is 64.1 Å². The predicted octanol–water partition coefficient (Wildman–Crippen LogP) is 5.23. The van der Waals surface area contributed by atoms with E-state index in [9.17, 15) is 0 Å². The number of hydrogen-bond donors (Lipinski definition) is 0. The fourth-order valence-corrected chi connectivity index (χ4v) is 2.97. The highest BCUT2D eigenvalue weighted by Gasteiger charge is 2.36. The normalized spacial score (nSPS) is 19.1. The topological polar surface area (TPSA) is 0 Å². The van der Waals surface area contributed by atoms with Gasteiger partial charge in [-0.05, 0) is 18.3 Å². The molecule has 86 valence electrons. The third kappa shape index (κ3) is 3.73. The fourth-order valence-electron chi connectivity index (χ4n) is 2.27. The molecule has 0 saturated heterocycles. The van der Waals surface area contributed by atoms with Crippen molar-refractivity contribution in [1.29, 1.82) is 0 Å². The Balaban J connectivity index is 4.53. The highest BCUT2D eigenvalue weighted by molar-refractivity contribution is 9.09. The molecule has 0 heterocycles. The first-order valence-corrected chi connectivity index (χ1v) is 7.01. The van der Waals surface area contributed by atoms with E-state index in [4.69, 9.17) is 11.6 Å². The van der Waals surface area contributed by atoms with Crippen molar-refractivity contribution in [2.75, 3.05) is 0 Å². The second kappa shape index (κ2) is 6.37. The minimum atomic E-state index is 0.191. The molecule has 3 atom stereocenters. The zero-order chi connectivity index (χ0) is 11.4. The summed E-state index contributed by atoms with van der Waals surface area (Å²) in [6, 6.07) is 0. The minimum Gasteiger partial charge on any atom is -0.122 e. The Morgan fingerprint density at radius 3 is 2.07 bits per heavy atom. The zero-order valence-electron chi connectivity index (χ0n) is 10.1. The quantitative estimate of drug-likeness (QED) is 0.586. The van der Waals surface area contributed by atoms with Crippen molar-refractivity contribution < 1.29 is 0 Å². The summed E-state index contributed by atoms with van der Waals surface area (Å²) in [5.41, 5.74) is 0.284. The Morgan fingerprint density at radius 2 is 1.79 bits per heavy atom. The molecule has 0 aromatic heterocycles. The molecule has 0 amide bonds. The van der Waals surface area contributed by atoms with Crippen LogP contribution in [0.5, 0.6) is 0 Å². The largest absolute Gasteiger partial charge is 0.122 e. The number of hydrogen-bond acceptors (Lipinski definition) is 0. The Morgan fingerprint density at radius 1 is 1.29 bits per heavy atom. The number of halogens is 2. The van der Waals surface area contributed by atoms with Crippen LogP contribution in [0.15, 0.2) is 0 Å². The molecule has 0 aromatic carbocycles. The van der Waals surface area contributed by atoms with Gasteiger partial charge in [-0.3, -0.25) is 0 Å². The predicted molar refractivity (Wildman–Crippen MR) is 70.5 cm³/mol. The lowest BCUT2D eigenvalue weighted by Gasteiger charge is -2.39. The van der Waals surface area contributed by atoms with Crippen LogP contribution < -0.4 is 0 Å². The van der Waals surface area contributed by atoms with E-state index in [1.54, 1.807) is 0 Å². The maximum absolute atomic E-state index is 6.17. The van der Waals surface area contributed by atoms with Gasteiger partial charge in [-0.15, -0.1) is 11.6 Å². The van der Waals surface area contributed by atoms with Crippen molar-refractivity contribution >= 4 is 27.5 Å². The molecule has 0 aliphatic carbocycles. The second-order valence-corrected chi connectivity index (χ2v) is 6.47. The van der Waals surface area contributed by atoms with Gasteiger partial charge in [-0.25, -0.2) is 0 Å². The fraction of sp³-hybridized carbons (Fsp3) is 1.00. The van der Waals surface area contributed by atoms with Crippen molar-refractivity contribution in [1.82, 2.24) is 0 Å². The van der Waals surface area contributed by atoms with E-state index in [2.05, 4.69) is 50.5 Å². The standard InChI is InChI=1S/C12H24BrCl/c1-6-8-10(7-2)12(4,5)11(13)9(3)14/h9-11H,6-8H2,1-5H3. The van der Waals surface area contributed by atoms with E-state index in [0.29, 0.717) is 4.83 Å². The Bertz CT molecular complexity index is 154. The second-order valence-electron chi connectivity index (χ2n) is 4.79. The molecule has 3 unspecified atom stereocenters. The SMILES string of the molecule is CCCC(CC)C(C)(C)C(Br)C(C)Cl.